The van der Waals surface area contributed by atoms with Crippen LogP contribution in [0.3, 0.4) is 0 Å². The molecular weight excluding hydrogens is 508 g/mol. The van der Waals surface area contributed by atoms with E-state index < -0.39 is 65.8 Å². The lowest BCUT2D eigenvalue weighted by molar-refractivity contribution is -0.184. The van der Waals surface area contributed by atoms with E-state index in [1.54, 1.807) is 0 Å². The van der Waals surface area contributed by atoms with Crippen molar-refractivity contribution >= 4 is 6.03 Å². The zero-order valence-corrected chi connectivity index (χ0v) is 20.9. The molecule has 0 aromatic carbocycles. The molecule has 0 bridgehead atoms. The Morgan fingerprint density at radius 2 is 1.57 bits per heavy atom. The summed E-state index contributed by atoms with van der Waals surface area (Å²) in [5, 5.41) is 5.37. The molecule has 0 spiro atoms. The summed E-state index contributed by atoms with van der Waals surface area (Å²) in [5.74, 6) is -2.17. The molecule has 2 aliphatic rings. The molecule has 2 unspecified atom stereocenters. The molecule has 1 aromatic heterocycles. The van der Waals surface area contributed by atoms with Crippen LogP contribution in [0.5, 0.6) is 0 Å². The number of aromatic nitrogens is 1. The van der Waals surface area contributed by atoms with Crippen molar-refractivity contribution in [1.29, 1.82) is 0 Å². The molecule has 0 radical (unpaired) electrons. The van der Waals surface area contributed by atoms with Crippen LogP contribution in [0.1, 0.15) is 55.8 Å². The van der Waals surface area contributed by atoms with E-state index in [2.05, 4.69) is 15.6 Å². The molecule has 2 fully saturated rings. The molecule has 2 N–H and O–H groups in total. The molecule has 2 saturated carbocycles. The van der Waals surface area contributed by atoms with Crippen LogP contribution in [-0.4, -0.2) is 62.9 Å². The first-order valence-electron chi connectivity index (χ1n) is 12.1. The third-order valence-corrected chi connectivity index (χ3v) is 7.41. The molecule has 3 rings (SSSR count). The standard InChI is InChI=1S/C24H33F6N3O4/c1-35-17-11-15(12-18(36-2)21(17)37-3)32-22(34)33-19(13-6-8-14(9-7-13)23(25,26)27)20-16(24(28,29)30)5-4-10-31-20/h4-5,10,13-15,17-19,21H,6-9,11-12H2,1-3H3,(H2,32,33,34)/t13?,14?,15?,17?,18?,19-,21?/m0/s1. The third-order valence-electron chi connectivity index (χ3n) is 7.41. The highest BCUT2D eigenvalue weighted by Gasteiger charge is 2.45. The summed E-state index contributed by atoms with van der Waals surface area (Å²) in [4.78, 5) is 17.0. The number of amides is 2. The number of hydrogen-bond donors (Lipinski definition) is 2. The van der Waals surface area contributed by atoms with Gasteiger partial charge < -0.3 is 24.8 Å². The predicted molar refractivity (Wildman–Crippen MR) is 121 cm³/mol. The monoisotopic (exact) mass is 541 g/mol. The van der Waals surface area contributed by atoms with Crippen LogP contribution in [0.2, 0.25) is 0 Å². The van der Waals surface area contributed by atoms with Crippen LogP contribution in [0.25, 0.3) is 0 Å². The molecule has 2 amide bonds. The van der Waals surface area contributed by atoms with Gasteiger partial charge in [-0.15, -0.1) is 0 Å². The highest BCUT2D eigenvalue weighted by atomic mass is 19.4. The van der Waals surface area contributed by atoms with Crippen LogP contribution >= 0.6 is 0 Å². The summed E-state index contributed by atoms with van der Waals surface area (Å²) < 4.78 is 97.3. The van der Waals surface area contributed by atoms with Gasteiger partial charge in [-0.25, -0.2) is 4.79 Å². The van der Waals surface area contributed by atoms with Crippen LogP contribution in [0.15, 0.2) is 18.3 Å². The Hall–Kier alpha value is -2.12. The zero-order chi connectivity index (χ0) is 27.4. The number of alkyl halides is 6. The average molecular weight is 542 g/mol. The highest BCUT2D eigenvalue weighted by Crippen LogP contribution is 2.44. The van der Waals surface area contributed by atoms with E-state index in [9.17, 15) is 31.1 Å². The van der Waals surface area contributed by atoms with E-state index in [0.29, 0.717) is 12.8 Å². The second-order valence-electron chi connectivity index (χ2n) is 9.60. The zero-order valence-electron chi connectivity index (χ0n) is 20.9. The van der Waals surface area contributed by atoms with Gasteiger partial charge in [0.15, 0.2) is 0 Å². The first-order chi connectivity index (χ1) is 17.4. The number of pyridine rings is 1. The first kappa shape index (κ1) is 29.4. The Labute approximate surface area is 211 Å². The maximum Gasteiger partial charge on any atom is 0.418 e. The van der Waals surface area contributed by atoms with Gasteiger partial charge in [-0.1, -0.05) is 0 Å². The number of carbonyl (C=O) groups excluding carboxylic acids is 1. The largest absolute Gasteiger partial charge is 0.418 e. The number of methoxy groups -OCH3 is 3. The molecule has 2 aliphatic carbocycles. The Balaban J connectivity index is 1.80. The number of nitrogens with zero attached hydrogens (tertiary/aromatic N) is 1. The molecule has 7 nitrogen and oxygen atoms in total. The summed E-state index contributed by atoms with van der Waals surface area (Å²) in [5.41, 5.74) is -1.44. The van der Waals surface area contributed by atoms with E-state index in [4.69, 9.17) is 14.2 Å². The lowest BCUT2D eigenvalue weighted by Gasteiger charge is -2.40. The SMILES string of the molecule is COC1CC(NC(=O)N[C@H](c2ncccc2C(F)(F)F)C2CCC(C(F)(F)F)CC2)CC(OC)C1OC. The van der Waals surface area contributed by atoms with Crippen molar-refractivity contribution in [2.24, 2.45) is 11.8 Å². The molecule has 3 atom stereocenters. The second kappa shape index (κ2) is 12.2. The number of halogens is 6. The van der Waals surface area contributed by atoms with E-state index >= 15 is 0 Å². The van der Waals surface area contributed by atoms with Crippen molar-refractivity contribution in [3.63, 3.8) is 0 Å². The van der Waals surface area contributed by atoms with E-state index in [-0.39, 0.29) is 31.8 Å². The highest BCUT2D eigenvalue weighted by molar-refractivity contribution is 5.75. The van der Waals surface area contributed by atoms with Crippen molar-refractivity contribution in [1.82, 2.24) is 15.6 Å². The van der Waals surface area contributed by atoms with Gasteiger partial charge in [0.2, 0.25) is 0 Å². The maximum absolute atomic E-state index is 13.8. The molecule has 210 valence electrons. The lowest BCUT2D eigenvalue weighted by Crippen LogP contribution is -2.55. The van der Waals surface area contributed by atoms with Gasteiger partial charge in [0.1, 0.15) is 6.10 Å². The number of hydrogen-bond acceptors (Lipinski definition) is 5. The third kappa shape index (κ3) is 7.26. The van der Waals surface area contributed by atoms with Gasteiger partial charge in [-0.3, -0.25) is 4.98 Å². The summed E-state index contributed by atoms with van der Waals surface area (Å²) >= 11 is 0. The van der Waals surface area contributed by atoms with Crippen molar-refractivity contribution in [3.8, 4) is 0 Å². The van der Waals surface area contributed by atoms with Gasteiger partial charge in [0, 0.05) is 33.6 Å². The number of nitrogens with one attached hydrogen (secondary N) is 2. The number of rotatable bonds is 7. The normalized spacial score (nSPS) is 30.0. The van der Waals surface area contributed by atoms with Crippen molar-refractivity contribution in [3.05, 3.63) is 29.6 Å². The minimum absolute atomic E-state index is 0.000556. The Bertz CT molecular complexity index is 878. The van der Waals surface area contributed by atoms with Gasteiger partial charge in [0.05, 0.1) is 35.4 Å². The lowest BCUT2D eigenvalue weighted by atomic mass is 9.76. The fourth-order valence-electron chi connectivity index (χ4n) is 5.51. The Kier molecular flexibility index (Phi) is 9.68. The molecule has 37 heavy (non-hydrogen) atoms. The van der Waals surface area contributed by atoms with Crippen LogP contribution < -0.4 is 10.6 Å². The van der Waals surface area contributed by atoms with Crippen LogP contribution in [-0.2, 0) is 20.4 Å². The van der Waals surface area contributed by atoms with Gasteiger partial charge in [0.25, 0.3) is 0 Å². The minimum atomic E-state index is -4.75. The van der Waals surface area contributed by atoms with Crippen LogP contribution in [0, 0.1) is 11.8 Å². The fourth-order valence-corrected chi connectivity index (χ4v) is 5.51. The second-order valence-corrected chi connectivity index (χ2v) is 9.60. The molecule has 1 heterocycles. The number of carbonyl (C=O) groups is 1. The van der Waals surface area contributed by atoms with E-state index in [0.717, 1.165) is 12.1 Å². The molecule has 13 heteroatoms. The molecule has 0 saturated heterocycles. The van der Waals surface area contributed by atoms with Crippen LogP contribution in [0.4, 0.5) is 31.1 Å². The van der Waals surface area contributed by atoms with Crippen molar-refractivity contribution in [2.75, 3.05) is 21.3 Å². The quantitative estimate of drug-likeness (QED) is 0.474. The fraction of sp³-hybridized carbons (Fsp3) is 0.750. The summed E-state index contributed by atoms with van der Waals surface area (Å²) in [6.07, 6.45) is -8.80. The van der Waals surface area contributed by atoms with Gasteiger partial charge in [-0.05, 0) is 56.6 Å². The Morgan fingerprint density at radius 1 is 0.973 bits per heavy atom. The van der Waals surface area contributed by atoms with E-state index in [1.165, 1.54) is 27.5 Å². The summed E-state index contributed by atoms with van der Waals surface area (Å²) in [6, 6.07) is -0.414. The average Bonchev–Trinajstić information content (AvgIpc) is 2.85. The maximum atomic E-state index is 13.8. The van der Waals surface area contributed by atoms with Gasteiger partial charge in [-0.2, -0.15) is 26.3 Å². The molecule has 1 aromatic rings. The van der Waals surface area contributed by atoms with Gasteiger partial charge >= 0.3 is 18.4 Å². The first-order valence-corrected chi connectivity index (χ1v) is 12.1. The summed E-state index contributed by atoms with van der Waals surface area (Å²) in [6.45, 7) is 0. The van der Waals surface area contributed by atoms with Crippen molar-refractivity contribution in [2.45, 2.75) is 81.3 Å². The topological polar surface area (TPSA) is 81.7 Å². The predicted octanol–water partition coefficient (Wildman–Crippen LogP) is 5.02. The minimum Gasteiger partial charge on any atom is -0.379 e. The Morgan fingerprint density at radius 3 is 2.05 bits per heavy atom. The van der Waals surface area contributed by atoms with Crippen molar-refractivity contribution < 1.29 is 45.3 Å². The smallest absolute Gasteiger partial charge is 0.379 e. The molecule has 0 aliphatic heterocycles. The van der Waals surface area contributed by atoms with E-state index in [1.807, 2.05) is 0 Å². The summed E-state index contributed by atoms with van der Waals surface area (Å²) in [7, 11) is 4.52. The molecular formula is C24H33F6N3O4. The number of urea groups is 1. The number of ether oxygens (including phenoxy) is 3.